The first kappa shape index (κ1) is 17.5. The van der Waals surface area contributed by atoms with E-state index in [0.717, 1.165) is 12.8 Å². The van der Waals surface area contributed by atoms with Gasteiger partial charge in [-0.25, -0.2) is 0 Å². The van der Waals surface area contributed by atoms with Gasteiger partial charge in [0.15, 0.2) is 5.79 Å². The first-order valence-electron chi connectivity index (χ1n) is 8.12. The summed E-state index contributed by atoms with van der Waals surface area (Å²) in [5.41, 5.74) is -0.870. The highest BCUT2D eigenvalue weighted by Gasteiger charge is 2.87. The van der Waals surface area contributed by atoms with Gasteiger partial charge < -0.3 is 14.6 Å². The van der Waals surface area contributed by atoms with Crippen molar-refractivity contribution < 1.29 is 19.4 Å². The van der Waals surface area contributed by atoms with E-state index in [0.29, 0.717) is 13.0 Å². The molecule has 0 unspecified atom stereocenters. The summed E-state index contributed by atoms with van der Waals surface area (Å²) in [7, 11) is 0. The third kappa shape index (κ3) is 2.74. The number of rotatable bonds is 8. The van der Waals surface area contributed by atoms with Gasteiger partial charge in [0.2, 0.25) is 0 Å². The lowest BCUT2D eigenvalue weighted by Gasteiger charge is -2.27. The average Bonchev–Trinajstić information content (AvgIpc) is 3.03. The maximum Gasteiger partial charge on any atom is 0.319 e. The SMILES string of the molecule is CCCCCCC[C@H]1O[C@](C)(O)[C@@]2(C(=O)OCC)C[C@@]12I. The normalized spacial score (nSPS) is 40.9. The number of ether oxygens (including phenoxy) is 2. The maximum absolute atomic E-state index is 12.3. The van der Waals surface area contributed by atoms with Crippen LogP contribution >= 0.6 is 22.6 Å². The van der Waals surface area contributed by atoms with Gasteiger partial charge in [-0.1, -0.05) is 61.6 Å². The van der Waals surface area contributed by atoms with E-state index >= 15 is 0 Å². The van der Waals surface area contributed by atoms with Crippen molar-refractivity contribution in [2.45, 2.75) is 81.0 Å². The fourth-order valence-electron chi connectivity index (χ4n) is 3.66. The minimum Gasteiger partial charge on any atom is -0.465 e. The Hall–Kier alpha value is 0.120. The van der Waals surface area contributed by atoms with Crippen LogP contribution in [-0.2, 0) is 14.3 Å². The van der Waals surface area contributed by atoms with Crippen LogP contribution in [0.2, 0.25) is 0 Å². The fourth-order valence-corrected chi connectivity index (χ4v) is 5.39. The molecule has 21 heavy (non-hydrogen) atoms. The standard InChI is InChI=1S/C16H27IO4/c1-4-6-7-8-9-10-12-16(17)11-15(16,13(18)20-5-2)14(3,19)21-12/h12,19H,4-11H2,1-3H3/t12-,14+,15+,16-/m1/s1. The van der Waals surface area contributed by atoms with Crippen LogP contribution in [-0.4, -0.2) is 33.0 Å². The number of carbonyl (C=O) groups is 1. The zero-order valence-corrected chi connectivity index (χ0v) is 15.4. The summed E-state index contributed by atoms with van der Waals surface area (Å²) in [6, 6.07) is 0. The van der Waals surface area contributed by atoms with Crippen molar-refractivity contribution in [2.24, 2.45) is 5.41 Å². The summed E-state index contributed by atoms with van der Waals surface area (Å²) in [4.78, 5) is 12.3. The number of alkyl halides is 1. The molecule has 4 nitrogen and oxygen atoms in total. The van der Waals surface area contributed by atoms with Crippen molar-refractivity contribution in [3.63, 3.8) is 0 Å². The lowest BCUT2D eigenvalue weighted by atomic mass is 9.94. The molecule has 1 N–H and O–H groups in total. The monoisotopic (exact) mass is 410 g/mol. The molecule has 1 saturated heterocycles. The highest BCUT2D eigenvalue weighted by Crippen LogP contribution is 2.75. The molecule has 1 heterocycles. The van der Waals surface area contributed by atoms with Crippen molar-refractivity contribution in [3.8, 4) is 0 Å². The number of aliphatic hydroxyl groups is 1. The molecule has 4 atom stereocenters. The molecule has 1 aliphatic heterocycles. The quantitative estimate of drug-likeness (QED) is 0.288. The minimum atomic E-state index is -1.41. The van der Waals surface area contributed by atoms with Crippen LogP contribution in [0.4, 0.5) is 0 Å². The summed E-state index contributed by atoms with van der Waals surface area (Å²) >= 11 is 2.32. The van der Waals surface area contributed by atoms with Gasteiger partial charge in [-0.15, -0.1) is 0 Å². The Kier molecular flexibility index (Phi) is 5.26. The largest absolute Gasteiger partial charge is 0.465 e. The van der Waals surface area contributed by atoms with Crippen LogP contribution in [0.25, 0.3) is 0 Å². The molecular weight excluding hydrogens is 383 g/mol. The zero-order chi connectivity index (χ0) is 15.7. The van der Waals surface area contributed by atoms with E-state index in [-0.39, 0.29) is 15.5 Å². The number of halogens is 1. The molecule has 2 aliphatic rings. The average molecular weight is 410 g/mol. The summed E-state index contributed by atoms with van der Waals surface area (Å²) < 4.78 is 10.7. The molecule has 0 spiro atoms. The predicted octanol–water partition coefficient (Wildman–Crippen LogP) is 3.58. The summed E-state index contributed by atoms with van der Waals surface area (Å²) in [6.07, 6.45) is 7.54. The summed E-state index contributed by atoms with van der Waals surface area (Å²) in [6.45, 7) is 5.95. The van der Waals surface area contributed by atoms with Gasteiger partial charge in [0.05, 0.1) is 16.1 Å². The predicted molar refractivity (Wildman–Crippen MR) is 89.3 cm³/mol. The van der Waals surface area contributed by atoms with Crippen molar-refractivity contribution in [1.29, 1.82) is 0 Å². The molecule has 1 aliphatic carbocycles. The Morgan fingerprint density at radius 2 is 2.00 bits per heavy atom. The first-order valence-corrected chi connectivity index (χ1v) is 9.20. The lowest BCUT2D eigenvalue weighted by molar-refractivity contribution is -0.229. The van der Waals surface area contributed by atoms with Crippen LogP contribution in [0.3, 0.4) is 0 Å². The van der Waals surface area contributed by atoms with Crippen LogP contribution in [0.5, 0.6) is 0 Å². The molecule has 5 heteroatoms. The summed E-state index contributed by atoms with van der Waals surface area (Å²) in [5.74, 6) is -1.72. The minimum absolute atomic E-state index is 0.0564. The van der Waals surface area contributed by atoms with Crippen LogP contribution < -0.4 is 0 Å². The zero-order valence-electron chi connectivity index (χ0n) is 13.3. The fraction of sp³-hybridized carbons (Fsp3) is 0.938. The second-order valence-corrected chi connectivity index (χ2v) is 8.38. The van der Waals surface area contributed by atoms with Gasteiger partial charge in [-0.3, -0.25) is 4.79 Å². The van der Waals surface area contributed by atoms with E-state index in [1.165, 1.54) is 25.7 Å². The highest BCUT2D eigenvalue weighted by atomic mass is 127. The number of carbonyl (C=O) groups excluding carboxylic acids is 1. The highest BCUT2D eigenvalue weighted by molar-refractivity contribution is 14.1. The van der Waals surface area contributed by atoms with Crippen LogP contribution in [0.1, 0.15) is 65.7 Å². The van der Waals surface area contributed by atoms with Crippen molar-refractivity contribution >= 4 is 28.6 Å². The van der Waals surface area contributed by atoms with Gasteiger partial charge in [-0.05, 0) is 26.7 Å². The molecule has 2 fully saturated rings. The van der Waals surface area contributed by atoms with E-state index in [1.807, 2.05) is 0 Å². The van der Waals surface area contributed by atoms with E-state index in [9.17, 15) is 9.90 Å². The maximum atomic E-state index is 12.3. The van der Waals surface area contributed by atoms with E-state index < -0.39 is 11.2 Å². The van der Waals surface area contributed by atoms with Gasteiger partial charge in [-0.2, -0.15) is 0 Å². The molecule has 0 aromatic rings. The number of fused-ring (bicyclic) bond motifs is 1. The Balaban J connectivity index is 1.97. The Bertz CT molecular complexity index is 398. The van der Waals surface area contributed by atoms with Crippen LogP contribution in [0, 0.1) is 5.41 Å². The number of unbranched alkanes of at least 4 members (excludes halogenated alkanes) is 4. The molecule has 0 amide bonds. The molecule has 1 saturated carbocycles. The third-order valence-corrected chi connectivity index (χ3v) is 6.97. The van der Waals surface area contributed by atoms with Crippen molar-refractivity contribution in [2.75, 3.05) is 6.61 Å². The molecule has 0 aromatic carbocycles. The van der Waals surface area contributed by atoms with Gasteiger partial charge in [0.1, 0.15) is 5.41 Å². The molecule has 2 rings (SSSR count). The van der Waals surface area contributed by atoms with E-state index in [2.05, 4.69) is 29.5 Å². The smallest absolute Gasteiger partial charge is 0.319 e. The first-order chi connectivity index (χ1) is 9.85. The number of hydrogen-bond donors (Lipinski definition) is 1. The number of hydrogen-bond acceptors (Lipinski definition) is 4. The molecular formula is C16H27IO4. The molecule has 122 valence electrons. The summed E-state index contributed by atoms with van der Waals surface area (Å²) in [5, 5.41) is 10.6. The van der Waals surface area contributed by atoms with Crippen molar-refractivity contribution in [1.82, 2.24) is 0 Å². The topological polar surface area (TPSA) is 55.8 Å². The Morgan fingerprint density at radius 1 is 1.33 bits per heavy atom. The molecule has 0 radical (unpaired) electrons. The molecule has 0 aromatic heterocycles. The second-order valence-electron chi connectivity index (χ2n) is 6.46. The van der Waals surface area contributed by atoms with Gasteiger partial charge >= 0.3 is 5.97 Å². The third-order valence-electron chi connectivity index (χ3n) is 4.97. The number of esters is 1. The molecule has 0 bridgehead atoms. The lowest BCUT2D eigenvalue weighted by Crippen LogP contribution is -2.43. The van der Waals surface area contributed by atoms with Crippen LogP contribution in [0.15, 0.2) is 0 Å². The van der Waals surface area contributed by atoms with Gasteiger partial charge in [0.25, 0.3) is 0 Å². The van der Waals surface area contributed by atoms with Gasteiger partial charge in [0, 0.05) is 0 Å². The Labute approximate surface area is 141 Å². The van der Waals surface area contributed by atoms with Crippen molar-refractivity contribution in [3.05, 3.63) is 0 Å². The Morgan fingerprint density at radius 3 is 2.57 bits per heavy atom. The second kappa shape index (κ2) is 6.32. The van der Waals surface area contributed by atoms with E-state index in [1.54, 1.807) is 13.8 Å². The van der Waals surface area contributed by atoms with E-state index in [4.69, 9.17) is 9.47 Å².